The molecule has 6 heteroatoms. The Morgan fingerprint density at radius 2 is 1.93 bits per heavy atom. The minimum atomic E-state index is -0.184. The van der Waals surface area contributed by atoms with Crippen molar-refractivity contribution in [1.82, 2.24) is 9.66 Å². The summed E-state index contributed by atoms with van der Waals surface area (Å²) in [5.41, 5.74) is 1.34. The van der Waals surface area contributed by atoms with Gasteiger partial charge in [0.2, 0.25) is 0 Å². The summed E-state index contributed by atoms with van der Waals surface area (Å²) < 4.78 is 7.93. The molecule has 1 heterocycles. The Hall–Kier alpha value is -2.47. The molecule has 0 spiro atoms. The summed E-state index contributed by atoms with van der Waals surface area (Å²) in [6.07, 6.45) is 1.75. The Labute approximate surface area is 166 Å². The van der Waals surface area contributed by atoms with Crippen LogP contribution in [0, 0.1) is 0 Å². The Morgan fingerprint density at radius 1 is 1.15 bits per heavy atom. The molecule has 3 aromatic rings. The molecule has 0 saturated carbocycles. The highest BCUT2D eigenvalue weighted by atomic mass is 79.9. The maximum absolute atomic E-state index is 13.0. The van der Waals surface area contributed by atoms with Crippen LogP contribution in [0.15, 0.2) is 56.8 Å². The van der Waals surface area contributed by atoms with Crippen LogP contribution >= 0.6 is 15.9 Å². The summed E-state index contributed by atoms with van der Waals surface area (Å²) in [4.78, 5) is 17.7. The van der Waals surface area contributed by atoms with Crippen LogP contribution in [-0.4, -0.2) is 22.0 Å². The molecule has 0 radical (unpaired) electrons. The summed E-state index contributed by atoms with van der Waals surface area (Å²) in [6, 6.07) is 13.1. The summed E-state index contributed by atoms with van der Waals surface area (Å²) in [6.45, 7) is 7.95. The van der Waals surface area contributed by atoms with Gasteiger partial charge in [0.25, 0.3) is 5.56 Å². The van der Waals surface area contributed by atoms with E-state index in [1.54, 1.807) is 12.3 Å². The molecule has 0 amide bonds. The fraction of sp³-hybridized carbons (Fsp3) is 0.286. The van der Waals surface area contributed by atoms with Crippen LogP contribution in [0.25, 0.3) is 10.9 Å². The largest absolute Gasteiger partial charge is 0.491 e. The fourth-order valence-corrected chi connectivity index (χ4v) is 3.08. The van der Waals surface area contributed by atoms with Crippen molar-refractivity contribution in [2.75, 3.05) is 0 Å². The summed E-state index contributed by atoms with van der Waals surface area (Å²) in [5, 5.41) is 4.97. The van der Waals surface area contributed by atoms with E-state index in [9.17, 15) is 4.79 Å². The van der Waals surface area contributed by atoms with Crippen molar-refractivity contribution in [2.45, 2.75) is 39.7 Å². The van der Waals surface area contributed by atoms with Gasteiger partial charge in [-0.1, -0.05) is 41.9 Å². The molecule has 0 aliphatic rings. The number of ether oxygens (including phenoxy) is 1. The van der Waals surface area contributed by atoms with Crippen LogP contribution in [0.2, 0.25) is 0 Å². The smallest absolute Gasteiger partial charge is 0.282 e. The molecule has 0 unspecified atom stereocenters. The molecule has 3 rings (SSSR count). The number of halogens is 1. The van der Waals surface area contributed by atoms with Gasteiger partial charge in [-0.3, -0.25) is 4.79 Å². The molecule has 0 atom stereocenters. The average molecular weight is 428 g/mol. The Morgan fingerprint density at radius 3 is 2.63 bits per heavy atom. The van der Waals surface area contributed by atoms with E-state index in [0.29, 0.717) is 16.7 Å². The molecule has 5 nitrogen and oxygen atoms in total. The maximum Gasteiger partial charge on any atom is 0.282 e. The lowest BCUT2D eigenvalue weighted by atomic mass is 10.2. The molecule has 0 aliphatic heterocycles. The quantitative estimate of drug-likeness (QED) is 0.541. The van der Waals surface area contributed by atoms with Crippen molar-refractivity contribution in [3.63, 3.8) is 0 Å². The van der Waals surface area contributed by atoms with Crippen molar-refractivity contribution in [3.8, 4) is 5.75 Å². The van der Waals surface area contributed by atoms with Crippen LogP contribution in [0.4, 0.5) is 0 Å². The average Bonchev–Trinajstić information content (AvgIpc) is 2.61. The maximum atomic E-state index is 13.0. The van der Waals surface area contributed by atoms with Gasteiger partial charge in [0.15, 0.2) is 0 Å². The second-order valence-corrected chi connectivity index (χ2v) is 7.80. The molecule has 27 heavy (non-hydrogen) atoms. The molecular formula is C21H22BrN3O2. The highest BCUT2D eigenvalue weighted by Gasteiger charge is 2.13. The Balaban J connectivity index is 2.08. The van der Waals surface area contributed by atoms with Crippen molar-refractivity contribution >= 4 is 33.0 Å². The van der Waals surface area contributed by atoms with Crippen LogP contribution < -0.4 is 10.3 Å². The van der Waals surface area contributed by atoms with Gasteiger partial charge in [-0.25, -0.2) is 4.98 Å². The molecule has 140 valence electrons. The van der Waals surface area contributed by atoms with Gasteiger partial charge >= 0.3 is 0 Å². The van der Waals surface area contributed by atoms with Crippen LogP contribution in [0.1, 0.15) is 45.0 Å². The monoisotopic (exact) mass is 427 g/mol. The van der Waals surface area contributed by atoms with E-state index in [1.807, 2.05) is 64.1 Å². The van der Waals surface area contributed by atoms with Gasteiger partial charge in [-0.05, 0) is 49.7 Å². The third-order valence-corrected chi connectivity index (χ3v) is 4.40. The zero-order valence-electron chi connectivity index (χ0n) is 15.8. The van der Waals surface area contributed by atoms with Gasteiger partial charge in [0.1, 0.15) is 11.6 Å². The van der Waals surface area contributed by atoms with Crippen molar-refractivity contribution in [2.24, 2.45) is 5.10 Å². The second-order valence-electron chi connectivity index (χ2n) is 6.89. The first-order valence-corrected chi connectivity index (χ1v) is 9.67. The SMILES string of the molecule is CC(C)Oc1cccc(C=Nn2c(C(C)C)nc3ccc(Br)cc3c2=O)c1. The first-order valence-electron chi connectivity index (χ1n) is 8.88. The van der Waals surface area contributed by atoms with Gasteiger partial charge in [0, 0.05) is 10.4 Å². The molecule has 1 aromatic heterocycles. The number of fused-ring (bicyclic) bond motifs is 1. The molecule has 0 fully saturated rings. The minimum Gasteiger partial charge on any atom is -0.491 e. The number of aromatic nitrogens is 2. The standard InChI is InChI=1S/C21H22BrN3O2/c1-13(2)20-24-19-9-8-16(22)11-18(19)21(26)25(20)23-12-15-6-5-7-17(10-15)27-14(3)4/h5-14H,1-4H3. The summed E-state index contributed by atoms with van der Waals surface area (Å²) in [5.74, 6) is 1.45. The van der Waals surface area contributed by atoms with E-state index >= 15 is 0 Å². The van der Waals surface area contributed by atoms with Crippen molar-refractivity contribution < 1.29 is 4.74 Å². The van der Waals surface area contributed by atoms with E-state index in [4.69, 9.17) is 4.74 Å². The van der Waals surface area contributed by atoms with Crippen LogP contribution in [0.3, 0.4) is 0 Å². The molecule has 0 aliphatic carbocycles. The van der Waals surface area contributed by atoms with Crippen molar-refractivity contribution in [1.29, 1.82) is 0 Å². The zero-order chi connectivity index (χ0) is 19.6. The highest BCUT2D eigenvalue weighted by molar-refractivity contribution is 9.10. The first kappa shape index (κ1) is 19.3. The van der Waals surface area contributed by atoms with E-state index in [-0.39, 0.29) is 17.6 Å². The van der Waals surface area contributed by atoms with Crippen molar-refractivity contribution in [3.05, 3.63) is 68.7 Å². The lowest BCUT2D eigenvalue weighted by Gasteiger charge is -2.12. The minimum absolute atomic E-state index is 0.0542. The third-order valence-electron chi connectivity index (χ3n) is 3.90. The predicted molar refractivity (Wildman–Crippen MR) is 113 cm³/mol. The fourth-order valence-electron chi connectivity index (χ4n) is 2.72. The summed E-state index contributed by atoms with van der Waals surface area (Å²) >= 11 is 3.41. The highest BCUT2D eigenvalue weighted by Crippen LogP contribution is 2.19. The van der Waals surface area contributed by atoms with E-state index < -0.39 is 0 Å². The topological polar surface area (TPSA) is 56.5 Å². The lowest BCUT2D eigenvalue weighted by Crippen LogP contribution is -2.23. The normalized spacial score (nSPS) is 11.8. The van der Waals surface area contributed by atoms with E-state index in [2.05, 4.69) is 26.0 Å². The molecule has 0 bridgehead atoms. The number of hydrogen-bond acceptors (Lipinski definition) is 4. The summed E-state index contributed by atoms with van der Waals surface area (Å²) in [7, 11) is 0. The lowest BCUT2D eigenvalue weighted by molar-refractivity contribution is 0.242. The van der Waals surface area contributed by atoms with Crippen LogP contribution in [0.5, 0.6) is 5.75 Å². The predicted octanol–water partition coefficient (Wildman–Crippen LogP) is 4.95. The molecule has 2 aromatic carbocycles. The molecule has 0 N–H and O–H groups in total. The van der Waals surface area contributed by atoms with E-state index in [1.165, 1.54) is 4.68 Å². The third kappa shape index (κ3) is 4.45. The Bertz CT molecular complexity index is 1050. The zero-order valence-corrected chi connectivity index (χ0v) is 17.4. The number of nitrogens with zero attached hydrogens (tertiary/aromatic N) is 3. The van der Waals surface area contributed by atoms with Gasteiger partial charge < -0.3 is 4.74 Å². The second kappa shape index (κ2) is 8.05. The number of benzene rings is 2. The number of hydrogen-bond donors (Lipinski definition) is 0. The first-order chi connectivity index (χ1) is 12.8. The molecule has 0 saturated heterocycles. The van der Waals surface area contributed by atoms with Crippen LogP contribution in [-0.2, 0) is 0 Å². The number of rotatable bonds is 5. The van der Waals surface area contributed by atoms with Gasteiger partial charge in [0.05, 0.1) is 23.2 Å². The van der Waals surface area contributed by atoms with Gasteiger partial charge in [-0.2, -0.15) is 9.78 Å². The Kier molecular flexibility index (Phi) is 5.75. The van der Waals surface area contributed by atoms with E-state index in [0.717, 1.165) is 15.8 Å². The van der Waals surface area contributed by atoms with Gasteiger partial charge in [-0.15, -0.1) is 0 Å². The molecular weight excluding hydrogens is 406 g/mol.